The van der Waals surface area contributed by atoms with Crippen molar-refractivity contribution in [3.63, 3.8) is 0 Å². The van der Waals surface area contributed by atoms with Gasteiger partial charge in [0, 0.05) is 13.1 Å². The zero-order valence-corrected chi connectivity index (χ0v) is 11.9. The lowest BCUT2D eigenvalue weighted by Crippen LogP contribution is -2.52. The van der Waals surface area contributed by atoms with E-state index in [1.54, 1.807) is 20.8 Å². The van der Waals surface area contributed by atoms with Crippen molar-refractivity contribution < 1.29 is 14.7 Å². The van der Waals surface area contributed by atoms with Crippen LogP contribution in [-0.2, 0) is 4.79 Å². The minimum absolute atomic E-state index is 0.443. The van der Waals surface area contributed by atoms with E-state index < -0.39 is 23.5 Å². The largest absolute Gasteiger partial charge is 0.480 e. The summed E-state index contributed by atoms with van der Waals surface area (Å²) in [7, 11) is 1.95. The van der Waals surface area contributed by atoms with Crippen LogP contribution in [0.4, 0.5) is 4.79 Å². The second-order valence-corrected chi connectivity index (χ2v) is 5.43. The Balaban J connectivity index is 4.16. The van der Waals surface area contributed by atoms with Gasteiger partial charge in [0.15, 0.2) is 0 Å². The van der Waals surface area contributed by atoms with Crippen LogP contribution in [0.15, 0.2) is 0 Å². The molecular formula is C12H25N3O3. The van der Waals surface area contributed by atoms with Crippen LogP contribution in [0.5, 0.6) is 0 Å². The molecule has 0 saturated carbocycles. The lowest BCUT2D eigenvalue weighted by atomic mass is 9.87. The van der Waals surface area contributed by atoms with Gasteiger partial charge in [-0.15, -0.1) is 0 Å². The third-order valence-corrected chi connectivity index (χ3v) is 2.71. The number of carbonyl (C=O) groups excluding carboxylic acids is 1. The second-order valence-electron chi connectivity index (χ2n) is 5.43. The zero-order chi connectivity index (χ0) is 14.3. The molecule has 0 saturated heterocycles. The standard InChI is InChI=1S/C12H25N3O3/c1-6-15(5)8-7-13-11(18)14-9(10(16)17)12(2,3)4/h9H,6-8H2,1-5H3,(H,16,17)(H2,13,14,18)/t9-/m0/s1. The highest BCUT2D eigenvalue weighted by Gasteiger charge is 2.32. The fourth-order valence-electron chi connectivity index (χ4n) is 1.35. The molecule has 6 heteroatoms. The zero-order valence-electron chi connectivity index (χ0n) is 11.9. The van der Waals surface area contributed by atoms with E-state index in [4.69, 9.17) is 5.11 Å². The van der Waals surface area contributed by atoms with E-state index in [0.29, 0.717) is 6.54 Å². The first-order chi connectivity index (χ1) is 8.18. The highest BCUT2D eigenvalue weighted by Crippen LogP contribution is 2.19. The minimum atomic E-state index is -1.02. The Kier molecular flexibility index (Phi) is 6.68. The average molecular weight is 259 g/mol. The van der Waals surface area contributed by atoms with Crippen molar-refractivity contribution in [3.05, 3.63) is 0 Å². The Morgan fingerprint density at radius 1 is 1.33 bits per heavy atom. The van der Waals surface area contributed by atoms with Gasteiger partial charge < -0.3 is 20.6 Å². The predicted molar refractivity (Wildman–Crippen MR) is 70.6 cm³/mol. The molecule has 0 bridgehead atoms. The third-order valence-electron chi connectivity index (χ3n) is 2.71. The van der Waals surface area contributed by atoms with E-state index in [2.05, 4.69) is 15.5 Å². The number of urea groups is 1. The van der Waals surface area contributed by atoms with Crippen molar-refractivity contribution in [2.45, 2.75) is 33.7 Å². The van der Waals surface area contributed by atoms with E-state index in [0.717, 1.165) is 13.1 Å². The monoisotopic (exact) mass is 259 g/mol. The summed E-state index contributed by atoms with van der Waals surface area (Å²) in [4.78, 5) is 24.7. The van der Waals surface area contributed by atoms with Gasteiger partial charge in [-0.1, -0.05) is 27.7 Å². The quantitative estimate of drug-likeness (QED) is 0.657. The molecule has 0 spiro atoms. The molecule has 1 atom stereocenters. The van der Waals surface area contributed by atoms with Gasteiger partial charge in [-0.25, -0.2) is 9.59 Å². The predicted octanol–water partition coefficient (Wildman–Crippen LogP) is 0.737. The summed E-state index contributed by atoms with van der Waals surface area (Å²) in [5, 5.41) is 14.2. The Labute approximate surface area is 109 Å². The number of hydrogen-bond acceptors (Lipinski definition) is 3. The van der Waals surface area contributed by atoms with Gasteiger partial charge in [0.2, 0.25) is 0 Å². The van der Waals surface area contributed by atoms with E-state index in [1.807, 2.05) is 14.0 Å². The molecule has 18 heavy (non-hydrogen) atoms. The molecule has 0 unspecified atom stereocenters. The summed E-state index contributed by atoms with van der Waals surface area (Å²) in [5.74, 6) is -1.02. The van der Waals surface area contributed by atoms with E-state index in [1.165, 1.54) is 0 Å². The number of aliphatic carboxylic acids is 1. The number of carboxylic acids is 1. The Morgan fingerprint density at radius 3 is 2.28 bits per heavy atom. The summed E-state index contributed by atoms with van der Waals surface area (Å²) < 4.78 is 0. The fraction of sp³-hybridized carbons (Fsp3) is 0.833. The maximum atomic E-state index is 11.6. The Bertz CT molecular complexity index is 287. The number of likely N-dealkylation sites (N-methyl/N-ethyl adjacent to an activating group) is 1. The van der Waals surface area contributed by atoms with Gasteiger partial charge in [0.25, 0.3) is 0 Å². The highest BCUT2D eigenvalue weighted by molar-refractivity contribution is 5.83. The number of carboxylic acid groups (broad SMARTS) is 1. The molecule has 6 nitrogen and oxygen atoms in total. The summed E-state index contributed by atoms with van der Waals surface area (Å²) >= 11 is 0. The summed E-state index contributed by atoms with van der Waals surface area (Å²) in [6.07, 6.45) is 0. The number of nitrogens with one attached hydrogen (secondary N) is 2. The van der Waals surface area contributed by atoms with Crippen LogP contribution in [0.1, 0.15) is 27.7 Å². The average Bonchev–Trinajstić information content (AvgIpc) is 2.23. The van der Waals surface area contributed by atoms with Crippen LogP contribution in [0.2, 0.25) is 0 Å². The Hall–Kier alpha value is -1.30. The van der Waals surface area contributed by atoms with Crippen LogP contribution >= 0.6 is 0 Å². The van der Waals surface area contributed by atoms with Crippen LogP contribution < -0.4 is 10.6 Å². The van der Waals surface area contributed by atoms with Gasteiger partial charge >= 0.3 is 12.0 Å². The number of rotatable bonds is 6. The number of nitrogens with zero attached hydrogens (tertiary/aromatic N) is 1. The summed E-state index contributed by atoms with van der Waals surface area (Å²) in [6, 6.07) is -1.34. The Morgan fingerprint density at radius 2 is 1.89 bits per heavy atom. The van der Waals surface area contributed by atoms with Crippen LogP contribution in [-0.4, -0.2) is 54.7 Å². The van der Waals surface area contributed by atoms with Crippen molar-refractivity contribution >= 4 is 12.0 Å². The van der Waals surface area contributed by atoms with Crippen molar-refractivity contribution in [2.24, 2.45) is 5.41 Å². The van der Waals surface area contributed by atoms with E-state index in [-0.39, 0.29) is 0 Å². The highest BCUT2D eigenvalue weighted by atomic mass is 16.4. The smallest absolute Gasteiger partial charge is 0.326 e. The molecule has 0 heterocycles. The van der Waals surface area contributed by atoms with Crippen LogP contribution in [0.3, 0.4) is 0 Å². The molecule has 0 rings (SSSR count). The first kappa shape index (κ1) is 16.7. The van der Waals surface area contributed by atoms with Gasteiger partial charge in [0.1, 0.15) is 6.04 Å². The molecule has 0 radical (unpaired) electrons. The van der Waals surface area contributed by atoms with E-state index >= 15 is 0 Å². The fourth-order valence-corrected chi connectivity index (χ4v) is 1.35. The van der Waals surface area contributed by atoms with Crippen molar-refractivity contribution in [3.8, 4) is 0 Å². The number of hydrogen-bond donors (Lipinski definition) is 3. The van der Waals surface area contributed by atoms with Crippen molar-refractivity contribution in [1.82, 2.24) is 15.5 Å². The molecule has 3 N–H and O–H groups in total. The molecule has 0 aliphatic rings. The molecule has 0 aliphatic heterocycles. The second kappa shape index (κ2) is 7.20. The van der Waals surface area contributed by atoms with Crippen molar-refractivity contribution in [2.75, 3.05) is 26.7 Å². The van der Waals surface area contributed by atoms with E-state index in [9.17, 15) is 9.59 Å². The SMILES string of the molecule is CCN(C)CCNC(=O)N[C@@H](C(=O)O)C(C)(C)C. The van der Waals surface area contributed by atoms with Crippen LogP contribution in [0, 0.1) is 5.41 Å². The molecule has 0 aliphatic carbocycles. The lowest BCUT2D eigenvalue weighted by Gasteiger charge is -2.27. The molecule has 0 aromatic rings. The molecule has 2 amide bonds. The summed E-state index contributed by atoms with van der Waals surface area (Å²) in [6.45, 7) is 9.48. The first-order valence-electron chi connectivity index (χ1n) is 6.14. The molecule has 0 fully saturated rings. The molecule has 0 aromatic heterocycles. The normalized spacial score (nSPS) is 13.2. The van der Waals surface area contributed by atoms with Gasteiger partial charge in [-0.3, -0.25) is 0 Å². The minimum Gasteiger partial charge on any atom is -0.480 e. The molecule has 0 aromatic carbocycles. The van der Waals surface area contributed by atoms with Crippen molar-refractivity contribution in [1.29, 1.82) is 0 Å². The maximum Gasteiger partial charge on any atom is 0.326 e. The number of carbonyl (C=O) groups is 2. The van der Waals surface area contributed by atoms with Gasteiger partial charge in [-0.2, -0.15) is 0 Å². The topological polar surface area (TPSA) is 81.7 Å². The first-order valence-corrected chi connectivity index (χ1v) is 6.14. The molecule has 106 valence electrons. The lowest BCUT2D eigenvalue weighted by molar-refractivity contribution is -0.141. The van der Waals surface area contributed by atoms with Crippen LogP contribution in [0.25, 0.3) is 0 Å². The maximum absolute atomic E-state index is 11.6. The molecular weight excluding hydrogens is 234 g/mol. The third kappa shape index (κ3) is 6.44. The number of amides is 2. The van der Waals surface area contributed by atoms with Gasteiger partial charge in [0.05, 0.1) is 0 Å². The van der Waals surface area contributed by atoms with Gasteiger partial charge in [-0.05, 0) is 19.0 Å². The summed E-state index contributed by atoms with van der Waals surface area (Å²) in [5.41, 5.74) is -0.524.